The summed E-state index contributed by atoms with van der Waals surface area (Å²) in [7, 11) is 0. The fourth-order valence-corrected chi connectivity index (χ4v) is 2.61. The predicted octanol–water partition coefficient (Wildman–Crippen LogP) is 2.02. The van der Waals surface area contributed by atoms with Crippen molar-refractivity contribution in [1.29, 1.82) is 0 Å². The smallest absolute Gasteiger partial charge is 0.316 e. The second-order valence-corrected chi connectivity index (χ2v) is 5.29. The van der Waals surface area contributed by atoms with Crippen molar-refractivity contribution in [2.24, 2.45) is 5.92 Å². The molecule has 0 spiro atoms. The van der Waals surface area contributed by atoms with Crippen molar-refractivity contribution in [2.75, 3.05) is 13.1 Å². The summed E-state index contributed by atoms with van der Waals surface area (Å²) in [5.41, 5.74) is -1.00. The molecule has 2 heterocycles. The van der Waals surface area contributed by atoms with Gasteiger partial charge in [0.2, 0.25) is 0 Å². The molecule has 7 heteroatoms. The van der Waals surface area contributed by atoms with Gasteiger partial charge in [0.05, 0.1) is 22.8 Å². The predicted molar refractivity (Wildman–Crippen MR) is 72.0 cm³/mol. The Kier molecular flexibility index (Phi) is 3.44. The van der Waals surface area contributed by atoms with Crippen LogP contribution in [0.15, 0.2) is 29.3 Å². The van der Waals surface area contributed by atoms with E-state index in [4.69, 9.17) is 0 Å². The molecule has 3 rings (SSSR count). The lowest BCUT2D eigenvalue weighted by Crippen LogP contribution is -2.25. The third-order valence-corrected chi connectivity index (χ3v) is 3.77. The lowest BCUT2D eigenvalue weighted by molar-refractivity contribution is -0.137. The van der Waals surface area contributed by atoms with E-state index in [0.717, 1.165) is 31.6 Å². The van der Waals surface area contributed by atoms with Gasteiger partial charge < -0.3 is 5.32 Å². The van der Waals surface area contributed by atoms with Gasteiger partial charge >= 0.3 is 6.18 Å². The molecule has 2 aromatic rings. The lowest BCUT2D eigenvalue weighted by Gasteiger charge is -2.12. The Balaban J connectivity index is 1.99. The van der Waals surface area contributed by atoms with E-state index in [2.05, 4.69) is 10.3 Å². The van der Waals surface area contributed by atoms with Crippen LogP contribution in [-0.2, 0) is 12.7 Å². The van der Waals surface area contributed by atoms with E-state index < -0.39 is 11.7 Å². The molecule has 1 N–H and O–H groups in total. The van der Waals surface area contributed by atoms with E-state index in [1.807, 2.05) is 0 Å². The van der Waals surface area contributed by atoms with Gasteiger partial charge in [-0.15, -0.1) is 0 Å². The molecule has 1 aliphatic rings. The zero-order valence-electron chi connectivity index (χ0n) is 11.2. The first-order valence-electron chi connectivity index (χ1n) is 6.72. The van der Waals surface area contributed by atoms with E-state index in [-0.39, 0.29) is 16.5 Å². The first-order valence-corrected chi connectivity index (χ1v) is 6.72. The number of alkyl halides is 3. The molecule has 112 valence electrons. The first kappa shape index (κ1) is 14.1. The normalized spacial score (nSPS) is 19.3. The van der Waals surface area contributed by atoms with Crippen LogP contribution in [0.2, 0.25) is 0 Å². The van der Waals surface area contributed by atoms with Crippen molar-refractivity contribution in [2.45, 2.75) is 19.1 Å². The molecule has 21 heavy (non-hydrogen) atoms. The van der Waals surface area contributed by atoms with Gasteiger partial charge in [0, 0.05) is 6.54 Å². The number of halogens is 3. The van der Waals surface area contributed by atoms with Gasteiger partial charge in [-0.25, -0.2) is 4.98 Å². The summed E-state index contributed by atoms with van der Waals surface area (Å²) in [6.45, 7) is 2.31. The van der Waals surface area contributed by atoms with Gasteiger partial charge in [-0.1, -0.05) is 0 Å². The van der Waals surface area contributed by atoms with Crippen molar-refractivity contribution in [3.8, 4) is 0 Å². The molecule has 1 saturated heterocycles. The minimum Gasteiger partial charge on any atom is -0.316 e. The van der Waals surface area contributed by atoms with E-state index in [1.165, 1.54) is 17.0 Å². The van der Waals surface area contributed by atoms with Gasteiger partial charge in [0.1, 0.15) is 0 Å². The Hall–Kier alpha value is -1.89. The molecule has 1 atom stereocenters. The summed E-state index contributed by atoms with van der Waals surface area (Å²) < 4.78 is 39.4. The minimum atomic E-state index is -4.43. The van der Waals surface area contributed by atoms with Crippen LogP contribution in [0.1, 0.15) is 12.0 Å². The maximum atomic E-state index is 12.6. The van der Waals surface area contributed by atoms with Gasteiger partial charge in [-0.3, -0.25) is 9.36 Å². The van der Waals surface area contributed by atoms with E-state index >= 15 is 0 Å². The highest BCUT2D eigenvalue weighted by molar-refractivity contribution is 5.78. The molecule has 1 aliphatic heterocycles. The van der Waals surface area contributed by atoms with Gasteiger partial charge in [0.25, 0.3) is 5.56 Å². The van der Waals surface area contributed by atoms with Gasteiger partial charge in [-0.2, -0.15) is 13.2 Å². The summed E-state index contributed by atoms with van der Waals surface area (Å²) in [5.74, 6) is 0.358. The second kappa shape index (κ2) is 5.14. The third-order valence-electron chi connectivity index (χ3n) is 3.77. The molecular weight excluding hydrogens is 283 g/mol. The van der Waals surface area contributed by atoms with Crippen molar-refractivity contribution in [3.63, 3.8) is 0 Å². The average molecular weight is 297 g/mol. The highest BCUT2D eigenvalue weighted by atomic mass is 19.4. The molecule has 0 aliphatic carbocycles. The Labute approximate surface area is 118 Å². The van der Waals surface area contributed by atoms with Crippen LogP contribution in [-0.4, -0.2) is 22.6 Å². The molecule has 1 unspecified atom stereocenters. The summed E-state index contributed by atoms with van der Waals surface area (Å²) in [6.07, 6.45) is -2.11. The highest BCUT2D eigenvalue weighted by Crippen LogP contribution is 2.30. The van der Waals surface area contributed by atoms with Gasteiger partial charge in [-0.05, 0) is 43.6 Å². The summed E-state index contributed by atoms with van der Waals surface area (Å²) in [5, 5.41) is 3.43. The number of nitrogens with zero attached hydrogens (tertiary/aromatic N) is 2. The topological polar surface area (TPSA) is 46.9 Å². The Bertz CT molecular complexity index is 717. The summed E-state index contributed by atoms with van der Waals surface area (Å²) in [6, 6.07) is 3.04. The lowest BCUT2D eigenvalue weighted by atomic mass is 10.1. The Morgan fingerprint density at radius 3 is 2.86 bits per heavy atom. The van der Waals surface area contributed by atoms with Crippen molar-refractivity contribution in [3.05, 3.63) is 40.4 Å². The number of benzene rings is 1. The van der Waals surface area contributed by atoms with Crippen molar-refractivity contribution >= 4 is 10.9 Å². The SMILES string of the molecule is O=c1c2ccc(C(F)(F)F)cc2ncn1CC1CCNC1. The van der Waals surface area contributed by atoms with Crippen LogP contribution in [0.4, 0.5) is 13.2 Å². The van der Waals surface area contributed by atoms with Crippen molar-refractivity contribution in [1.82, 2.24) is 14.9 Å². The number of aromatic nitrogens is 2. The van der Waals surface area contributed by atoms with Crippen molar-refractivity contribution < 1.29 is 13.2 Å². The maximum absolute atomic E-state index is 12.6. The van der Waals surface area contributed by atoms with Crippen LogP contribution in [0.25, 0.3) is 10.9 Å². The molecule has 0 bridgehead atoms. The third kappa shape index (κ3) is 2.78. The summed E-state index contributed by atoms with van der Waals surface area (Å²) in [4.78, 5) is 16.3. The monoisotopic (exact) mass is 297 g/mol. The van der Waals surface area contributed by atoms with Gasteiger partial charge in [0.15, 0.2) is 0 Å². The Morgan fingerprint density at radius 1 is 1.38 bits per heavy atom. The molecule has 0 radical (unpaired) electrons. The highest BCUT2D eigenvalue weighted by Gasteiger charge is 2.30. The zero-order chi connectivity index (χ0) is 15.0. The molecule has 0 saturated carbocycles. The first-order chi connectivity index (χ1) is 9.95. The molecule has 1 aromatic heterocycles. The van der Waals surface area contributed by atoms with Crippen LogP contribution in [0.5, 0.6) is 0 Å². The van der Waals surface area contributed by atoms with Crippen LogP contribution in [0.3, 0.4) is 0 Å². The number of rotatable bonds is 2. The quantitative estimate of drug-likeness (QED) is 0.922. The van der Waals surface area contributed by atoms with E-state index in [1.54, 1.807) is 0 Å². The Morgan fingerprint density at radius 2 is 2.19 bits per heavy atom. The van der Waals surface area contributed by atoms with E-state index in [0.29, 0.717) is 12.5 Å². The fourth-order valence-electron chi connectivity index (χ4n) is 2.61. The number of nitrogens with one attached hydrogen (secondary N) is 1. The number of fused-ring (bicyclic) bond motifs is 1. The number of hydrogen-bond acceptors (Lipinski definition) is 3. The fraction of sp³-hybridized carbons (Fsp3) is 0.429. The molecule has 4 nitrogen and oxygen atoms in total. The summed E-state index contributed by atoms with van der Waals surface area (Å²) >= 11 is 0. The molecule has 1 aromatic carbocycles. The molecule has 0 amide bonds. The van der Waals surface area contributed by atoms with Crippen LogP contribution < -0.4 is 10.9 Å². The maximum Gasteiger partial charge on any atom is 0.416 e. The minimum absolute atomic E-state index is 0.0793. The largest absolute Gasteiger partial charge is 0.416 e. The molecule has 1 fully saturated rings. The average Bonchev–Trinajstić information content (AvgIpc) is 2.93. The molecular formula is C14H14F3N3O. The zero-order valence-corrected chi connectivity index (χ0v) is 11.2. The van der Waals surface area contributed by atoms with E-state index in [9.17, 15) is 18.0 Å². The second-order valence-electron chi connectivity index (χ2n) is 5.29. The van der Waals surface area contributed by atoms with Crippen LogP contribution >= 0.6 is 0 Å². The standard InChI is InChI=1S/C14H14F3N3O/c15-14(16,17)10-1-2-11-12(5-10)19-8-20(13(11)21)7-9-3-4-18-6-9/h1-2,5,8-9,18H,3-4,6-7H2. The van der Waals surface area contributed by atoms with Crippen LogP contribution in [0, 0.1) is 5.92 Å². The number of hydrogen-bond donors (Lipinski definition) is 1.